The summed E-state index contributed by atoms with van der Waals surface area (Å²) in [5.74, 6) is 3.37. The van der Waals surface area contributed by atoms with Gasteiger partial charge in [0.05, 0.1) is 18.2 Å². The van der Waals surface area contributed by atoms with Crippen LogP contribution in [0.15, 0.2) is 24.5 Å². The van der Waals surface area contributed by atoms with Crippen LogP contribution in [0.5, 0.6) is 0 Å². The zero-order chi connectivity index (χ0) is 21.1. The van der Waals surface area contributed by atoms with Crippen molar-refractivity contribution in [3.8, 4) is 0 Å². The zero-order valence-corrected chi connectivity index (χ0v) is 18.7. The van der Waals surface area contributed by atoms with E-state index in [1.165, 1.54) is 12.8 Å². The second kappa shape index (κ2) is 7.40. The number of morpholine rings is 1. The summed E-state index contributed by atoms with van der Waals surface area (Å²) >= 11 is 0. The summed E-state index contributed by atoms with van der Waals surface area (Å²) < 4.78 is 6.38. The number of ether oxygens (including phenoxy) is 1. The van der Waals surface area contributed by atoms with Crippen molar-refractivity contribution in [3.05, 3.63) is 35.9 Å². The fourth-order valence-corrected chi connectivity index (χ4v) is 5.90. The van der Waals surface area contributed by atoms with E-state index in [-0.39, 0.29) is 12.2 Å². The molecule has 31 heavy (non-hydrogen) atoms. The molecule has 4 saturated heterocycles. The number of anilines is 2. The topological polar surface area (TPSA) is 67.3 Å². The van der Waals surface area contributed by atoms with E-state index in [0.29, 0.717) is 23.9 Å². The third-order valence-electron chi connectivity index (χ3n) is 7.73. The van der Waals surface area contributed by atoms with Gasteiger partial charge in [0.1, 0.15) is 0 Å². The van der Waals surface area contributed by atoms with Crippen molar-refractivity contribution in [3.63, 3.8) is 0 Å². The molecule has 0 N–H and O–H groups in total. The van der Waals surface area contributed by atoms with E-state index in [0.717, 1.165) is 55.1 Å². The first-order chi connectivity index (χ1) is 15.0. The SMILES string of the molecule is CC(C)c1ccnc(N2C[C@H]3C[C@@H]2C(CC(C)c2ccnc(N4CC5CC4C5)n2)O3)n1. The van der Waals surface area contributed by atoms with E-state index in [1.807, 2.05) is 18.5 Å². The summed E-state index contributed by atoms with van der Waals surface area (Å²) in [6.45, 7) is 8.65. The van der Waals surface area contributed by atoms with Gasteiger partial charge in [-0.05, 0) is 49.7 Å². The first-order valence-electron chi connectivity index (χ1n) is 11.9. The molecular weight excluding hydrogens is 388 g/mol. The Kier molecular flexibility index (Phi) is 4.63. The van der Waals surface area contributed by atoms with Crippen molar-refractivity contribution < 1.29 is 4.74 Å². The Morgan fingerprint density at radius 2 is 1.65 bits per heavy atom. The predicted molar refractivity (Wildman–Crippen MR) is 119 cm³/mol. The number of hydrogen-bond acceptors (Lipinski definition) is 7. The maximum Gasteiger partial charge on any atom is 0.225 e. The van der Waals surface area contributed by atoms with Crippen molar-refractivity contribution >= 4 is 11.9 Å². The van der Waals surface area contributed by atoms with Gasteiger partial charge >= 0.3 is 0 Å². The average Bonchev–Trinajstić information content (AvgIpc) is 3.53. The van der Waals surface area contributed by atoms with Crippen molar-refractivity contribution in [2.24, 2.45) is 5.92 Å². The third kappa shape index (κ3) is 3.37. The summed E-state index contributed by atoms with van der Waals surface area (Å²) in [4.78, 5) is 23.8. The Morgan fingerprint density at radius 3 is 2.32 bits per heavy atom. The first-order valence-corrected chi connectivity index (χ1v) is 11.9. The number of aromatic nitrogens is 4. The highest BCUT2D eigenvalue weighted by Gasteiger charge is 2.48. The highest BCUT2D eigenvalue weighted by atomic mass is 16.5. The van der Waals surface area contributed by atoms with Crippen LogP contribution in [0.3, 0.4) is 0 Å². The minimum absolute atomic E-state index is 0.193. The Hall–Kier alpha value is -2.28. The van der Waals surface area contributed by atoms with Gasteiger partial charge in [-0.1, -0.05) is 20.8 Å². The molecule has 2 aromatic heterocycles. The lowest BCUT2D eigenvalue weighted by molar-refractivity contribution is 0.0186. The molecule has 4 aliphatic heterocycles. The van der Waals surface area contributed by atoms with Crippen LogP contribution in [0, 0.1) is 5.92 Å². The summed E-state index contributed by atoms with van der Waals surface area (Å²) in [6.07, 6.45) is 8.97. The van der Waals surface area contributed by atoms with E-state index in [9.17, 15) is 0 Å². The largest absolute Gasteiger partial charge is 0.371 e. The van der Waals surface area contributed by atoms with Crippen LogP contribution in [0.2, 0.25) is 0 Å². The van der Waals surface area contributed by atoms with E-state index in [1.54, 1.807) is 0 Å². The summed E-state index contributed by atoms with van der Waals surface area (Å²) in [6, 6.07) is 5.12. The number of fused-ring (bicyclic) bond motifs is 3. The Bertz CT molecular complexity index is 961. The lowest BCUT2D eigenvalue weighted by Gasteiger charge is -2.34. The summed E-state index contributed by atoms with van der Waals surface area (Å²) in [5, 5.41) is 0. The zero-order valence-electron chi connectivity index (χ0n) is 18.7. The molecule has 7 heteroatoms. The van der Waals surface area contributed by atoms with E-state index in [2.05, 4.69) is 46.6 Å². The molecule has 2 unspecified atom stereocenters. The van der Waals surface area contributed by atoms with E-state index >= 15 is 0 Å². The maximum absolute atomic E-state index is 6.38. The molecule has 6 heterocycles. The van der Waals surface area contributed by atoms with Crippen molar-refractivity contribution in [2.45, 2.75) is 82.6 Å². The van der Waals surface area contributed by atoms with Crippen LogP contribution < -0.4 is 9.80 Å². The number of nitrogens with zero attached hydrogens (tertiary/aromatic N) is 6. The monoisotopic (exact) mass is 420 g/mol. The average molecular weight is 421 g/mol. The van der Waals surface area contributed by atoms with Gasteiger partial charge in [-0.25, -0.2) is 19.9 Å². The van der Waals surface area contributed by atoms with Gasteiger partial charge in [-0.15, -0.1) is 0 Å². The van der Waals surface area contributed by atoms with Crippen molar-refractivity contribution in [1.82, 2.24) is 19.9 Å². The molecular formula is C24H32N6O. The van der Waals surface area contributed by atoms with Gasteiger partial charge < -0.3 is 14.5 Å². The van der Waals surface area contributed by atoms with Gasteiger partial charge in [0.15, 0.2) is 0 Å². The smallest absolute Gasteiger partial charge is 0.225 e. The lowest BCUT2D eigenvalue weighted by atomic mass is 9.86. The van der Waals surface area contributed by atoms with Gasteiger partial charge in [-0.3, -0.25) is 0 Å². The van der Waals surface area contributed by atoms with E-state index in [4.69, 9.17) is 14.7 Å². The lowest BCUT2D eigenvalue weighted by Crippen LogP contribution is -2.44. The van der Waals surface area contributed by atoms with Crippen LogP contribution in [0.4, 0.5) is 11.9 Å². The van der Waals surface area contributed by atoms with Crippen LogP contribution >= 0.6 is 0 Å². The molecule has 0 spiro atoms. The molecule has 0 aromatic carbocycles. The van der Waals surface area contributed by atoms with Crippen LogP contribution in [0.25, 0.3) is 0 Å². The van der Waals surface area contributed by atoms with Crippen LogP contribution in [-0.2, 0) is 4.74 Å². The minimum Gasteiger partial charge on any atom is -0.371 e. The molecule has 164 valence electrons. The highest BCUT2D eigenvalue weighted by Crippen LogP contribution is 2.43. The second-order valence-electron chi connectivity index (χ2n) is 10.3. The van der Waals surface area contributed by atoms with Gasteiger partial charge in [0.25, 0.3) is 0 Å². The van der Waals surface area contributed by atoms with Gasteiger partial charge in [0, 0.05) is 48.8 Å². The molecule has 1 aliphatic carbocycles. The molecule has 5 aliphatic rings. The Morgan fingerprint density at radius 1 is 0.935 bits per heavy atom. The molecule has 0 amide bonds. The maximum atomic E-state index is 6.38. The number of rotatable bonds is 6. The minimum atomic E-state index is 0.193. The first kappa shape index (κ1) is 19.4. The summed E-state index contributed by atoms with van der Waals surface area (Å²) in [7, 11) is 0. The third-order valence-corrected chi connectivity index (χ3v) is 7.73. The van der Waals surface area contributed by atoms with Gasteiger partial charge in [-0.2, -0.15) is 0 Å². The van der Waals surface area contributed by atoms with Crippen LogP contribution in [0.1, 0.15) is 69.7 Å². The fraction of sp³-hybridized carbons (Fsp3) is 0.667. The highest BCUT2D eigenvalue weighted by molar-refractivity contribution is 5.39. The molecule has 4 atom stereocenters. The normalized spacial score (nSPS) is 32.1. The Balaban J connectivity index is 1.16. The van der Waals surface area contributed by atoms with Crippen molar-refractivity contribution in [1.29, 1.82) is 0 Å². The molecule has 4 bridgehead atoms. The van der Waals surface area contributed by atoms with Crippen molar-refractivity contribution in [2.75, 3.05) is 22.9 Å². The number of hydrogen-bond donors (Lipinski definition) is 0. The molecule has 5 fully saturated rings. The summed E-state index contributed by atoms with van der Waals surface area (Å²) in [5.41, 5.74) is 2.23. The predicted octanol–water partition coefficient (Wildman–Crippen LogP) is 3.53. The molecule has 7 nitrogen and oxygen atoms in total. The van der Waals surface area contributed by atoms with Crippen LogP contribution in [-0.4, -0.2) is 57.3 Å². The molecule has 7 rings (SSSR count). The standard InChI is InChI=1S/C24H32N6O/c1-14(2)19-4-6-26-24(27-19)30-13-18-11-21(30)22(31-18)8-15(3)20-5-7-25-23(28-20)29-12-16-9-17(29)10-16/h4-7,14-18,21-22H,8-13H2,1-3H3/t15?,16?,17?,18-,21-,22?/m1/s1. The fourth-order valence-electron chi connectivity index (χ4n) is 5.90. The quantitative estimate of drug-likeness (QED) is 0.708. The molecule has 0 radical (unpaired) electrons. The molecule has 1 saturated carbocycles. The van der Waals surface area contributed by atoms with Gasteiger partial charge in [0.2, 0.25) is 11.9 Å². The second-order valence-corrected chi connectivity index (χ2v) is 10.3. The molecule has 2 aromatic rings. The Labute approximate surface area is 184 Å². The van der Waals surface area contributed by atoms with E-state index < -0.39 is 0 Å².